The fraction of sp³-hybridized carbons (Fsp3) is 0.520. The minimum atomic E-state index is -0.889. The average molecular weight is 511 g/mol. The van der Waals surface area contributed by atoms with Crippen molar-refractivity contribution in [1.82, 2.24) is 14.9 Å². The van der Waals surface area contributed by atoms with Crippen molar-refractivity contribution < 1.29 is 13.2 Å². The van der Waals surface area contributed by atoms with E-state index < -0.39 is 23.5 Å². The summed E-state index contributed by atoms with van der Waals surface area (Å²) in [6.07, 6.45) is 7.47. The van der Waals surface area contributed by atoms with Crippen LogP contribution in [-0.2, 0) is 12.8 Å². The van der Waals surface area contributed by atoms with Gasteiger partial charge in [-0.3, -0.25) is 4.90 Å². The van der Waals surface area contributed by atoms with Crippen LogP contribution in [0.5, 0.6) is 0 Å². The number of hydrogen-bond acceptors (Lipinski definition) is 5. The Kier molecular flexibility index (Phi) is 7.69. The lowest BCUT2D eigenvalue weighted by atomic mass is 9.90. The van der Waals surface area contributed by atoms with Gasteiger partial charge < -0.3 is 5.32 Å². The van der Waals surface area contributed by atoms with Gasteiger partial charge in [0, 0.05) is 47.7 Å². The van der Waals surface area contributed by atoms with Gasteiger partial charge in [-0.05, 0) is 50.0 Å². The molecule has 184 valence electrons. The van der Waals surface area contributed by atoms with Crippen LogP contribution >= 0.6 is 23.7 Å². The molecule has 1 aliphatic heterocycles. The van der Waals surface area contributed by atoms with E-state index in [0.717, 1.165) is 54.0 Å². The Bertz CT molecular complexity index is 1150. The predicted octanol–water partition coefficient (Wildman–Crippen LogP) is 6.68. The summed E-state index contributed by atoms with van der Waals surface area (Å²) in [5.74, 6) is -1.35. The van der Waals surface area contributed by atoms with Crippen molar-refractivity contribution in [2.75, 3.05) is 18.4 Å². The maximum atomic E-state index is 14.8. The van der Waals surface area contributed by atoms with Gasteiger partial charge in [0.15, 0.2) is 0 Å². The zero-order valence-electron chi connectivity index (χ0n) is 19.4. The van der Waals surface area contributed by atoms with Gasteiger partial charge in [-0.15, -0.1) is 23.7 Å². The number of aromatic nitrogens is 2. The van der Waals surface area contributed by atoms with Crippen LogP contribution in [0.1, 0.15) is 61.6 Å². The third kappa shape index (κ3) is 4.90. The number of nitrogens with zero attached hydrogens (tertiary/aromatic N) is 3. The van der Waals surface area contributed by atoms with Crippen molar-refractivity contribution in [3.63, 3.8) is 0 Å². The number of halogens is 4. The molecule has 1 saturated heterocycles. The Morgan fingerprint density at radius 2 is 1.85 bits per heavy atom. The van der Waals surface area contributed by atoms with E-state index >= 15 is 0 Å². The summed E-state index contributed by atoms with van der Waals surface area (Å²) in [5, 5.41) is 4.70. The number of fused-ring (bicyclic) bond motifs is 3. The second-order valence-electron chi connectivity index (χ2n) is 9.67. The minimum absolute atomic E-state index is 0. The highest BCUT2D eigenvalue weighted by molar-refractivity contribution is 7.19. The van der Waals surface area contributed by atoms with E-state index in [1.807, 2.05) is 0 Å². The summed E-state index contributed by atoms with van der Waals surface area (Å²) in [7, 11) is 0. The third-order valence-corrected chi connectivity index (χ3v) is 7.98. The largest absolute Gasteiger partial charge is 0.367 e. The van der Waals surface area contributed by atoms with Crippen LogP contribution in [-0.4, -0.2) is 34.0 Å². The fourth-order valence-electron chi connectivity index (χ4n) is 5.40. The van der Waals surface area contributed by atoms with Gasteiger partial charge in [0.2, 0.25) is 0 Å². The van der Waals surface area contributed by atoms with Gasteiger partial charge in [-0.25, -0.2) is 23.1 Å². The number of hydrogen-bond donors (Lipinski definition) is 1. The minimum Gasteiger partial charge on any atom is -0.367 e. The second-order valence-corrected chi connectivity index (χ2v) is 10.8. The van der Waals surface area contributed by atoms with Crippen LogP contribution < -0.4 is 5.32 Å². The quantitative estimate of drug-likeness (QED) is 0.415. The number of nitrogens with one attached hydrogen (secondary N) is 1. The van der Waals surface area contributed by atoms with E-state index in [1.54, 1.807) is 17.7 Å². The smallest absolute Gasteiger partial charge is 0.138 e. The first-order valence-corrected chi connectivity index (χ1v) is 12.6. The first-order valence-electron chi connectivity index (χ1n) is 11.8. The molecule has 0 saturated carbocycles. The monoisotopic (exact) mass is 510 g/mol. The van der Waals surface area contributed by atoms with E-state index in [0.29, 0.717) is 18.9 Å². The Balaban J connectivity index is 0.00000274. The predicted molar refractivity (Wildman–Crippen MR) is 133 cm³/mol. The van der Waals surface area contributed by atoms with Gasteiger partial charge in [-0.2, -0.15) is 0 Å². The molecule has 9 heteroatoms. The molecule has 1 aliphatic carbocycles. The SMILES string of the molecule is CC(C)CN1CCC(Nc2ncnc3sc4c(c23)CCCC4)CC1c1c(F)cc(F)cc1F.Cl. The number of piperidine rings is 1. The molecule has 2 unspecified atom stereocenters. The van der Waals surface area contributed by atoms with Gasteiger partial charge in [0.05, 0.1) is 5.39 Å². The van der Waals surface area contributed by atoms with E-state index in [4.69, 9.17) is 0 Å². The maximum absolute atomic E-state index is 14.8. The van der Waals surface area contributed by atoms with E-state index in [9.17, 15) is 13.2 Å². The van der Waals surface area contributed by atoms with Crippen LogP contribution in [0.2, 0.25) is 0 Å². The molecular formula is C25H30ClF3N4S. The molecule has 3 aromatic rings. The number of benzene rings is 1. The Labute approximate surface area is 208 Å². The zero-order chi connectivity index (χ0) is 23.1. The molecule has 0 bridgehead atoms. The van der Waals surface area contributed by atoms with Crippen molar-refractivity contribution in [3.05, 3.63) is 51.9 Å². The van der Waals surface area contributed by atoms with E-state index in [2.05, 4.69) is 34.0 Å². The molecular weight excluding hydrogens is 481 g/mol. The summed E-state index contributed by atoms with van der Waals surface area (Å²) in [5.41, 5.74) is 1.32. The highest BCUT2D eigenvalue weighted by Gasteiger charge is 2.34. The molecule has 3 heterocycles. The highest BCUT2D eigenvalue weighted by Crippen LogP contribution is 2.40. The average Bonchev–Trinajstić information content (AvgIpc) is 3.14. The number of thiophene rings is 1. The lowest BCUT2D eigenvalue weighted by molar-refractivity contribution is 0.119. The standard InChI is InChI=1S/C25H29F3N4S.ClH/c1-14(2)12-32-8-7-16(11-20(32)23-18(27)9-15(26)10-19(23)28)31-24-22-17-5-3-4-6-21(17)33-25(22)30-13-29-24;/h9-10,13-14,16,20H,3-8,11-12H2,1-2H3,(H,29,30,31);1H. The number of rotatable bonds is 5. The third-order valence-electron chi connectivity index (χ3n) is 6.78. The summed E-state index contributed by atoms with van der Waals surface area (Å²) in [6.45, 7) is 5.61. The van der Waals surface area contributed by atoms with Crippen molar-refractivity contribution in [2.45, 2.75) is 64.5 Å². The summed E-state index contributed by atoms with van der Waals surface area (Å²) in [6, 6.07) is 1.11. The van der Waals surface area contributed by atoms with Crippen molar-refractivity contribution in [2.24, 2.45) is 5.92 Å². The summed E-state index contributed by atoms with van der Waals surface area (Å²) < 4.78 is 43.1. The first-order chi connectivity index (χ1) is 15.9. The Hall–Kier alpha value is -1.90. The Morgan fingerprint density at radius 1 is 1.12 bits per heavy atom. The van der Waals surface area contributed by atoms with Gasteiger partial charge in [0.1, 0.15) is 34.4 Å². The lowest BCUT2D eigenvalue weighted by Gasteiger charge is -2.41. The zero-order valence-corrected chi connectivity index (χ0v) is 21.0. The molecule has 1 fully saturated rings. The van der Waals surface area contributed by atoms with Gasteiger partial charge in [0.25, 0.3) is 0 Å². The Morgan fingerprint density at radius 3 is 2.59 bits per heavy atom. The van der Waals surface area contributed by atoms with Crippen molar-refractivity contribution >= 4 is 39.8 Å². The fourth-order valence-corrected chi connectivity index (χ4v) is 6.63. The normalized spacial score (nSPS) is 20.9. The number of likely N-dealkylation sites (tertiary alicyclic amines) is 1. The van der Waals surface area contributed by atoms with Gasteiger partial charge >= 0.3 is 0 Å². The molecule has 2 aromatic heterocycles. The van der Waals surface area contributed by atoms with E-state index in [1.165, 1.54) is 23.3 Å². The van der Waals surface area contributed by atoms with Crippen LogP contribution in [0.3, 0.4) is 0 Å². The maximum Gasteiger partial charge on any atom is 0.138 e. The van der Waals surface area contributed by atoms with E-state index in [-0.39, 0.29) is 24.0 Å². The van der Waals surface area contributed by atoms with Gasteiger partial charge in [-0.1, -0.05) is 13.8 Å². The molecule has 2 atom stereocenters. The molecule has 0 amide bonds. The first kappa shape index (κ1) is 25.2. The second kappa shape index (κ2) is 10.4. The lowest BCUT2D eigenvalue weighted by Crippen LogP contribution is -2.43. The van der Waals surface area contributed by atoms with Crippen molar-refractivity contribution in [3.8, 4) is 0 Å². The molecule has 1 N–H and O–H groups in total. The highest BCUT2D eigenvalue weighted by atomic mass is 35.5. The van der Waals surface area contributed by atoms with Crippen LogP contribution in [0.15, 0.2) is 18.5 Å². The van der Waals surface area contributed by atoms with Crippen LogP contribution in [0, 0.1) is 23.4 Å². The van der Waals surface area contributed by atoms with Crippen LogP contribution in [0.25, 0.3) is 10.2 Å². The molecule has 1 aromatic carbocycles. The summed E-state index contributed by atoms with van der Waals surface area (Å²) in [4.78, 5) is 13.6. The van der Waals surface area contributed by atoms with Crippen molar-refractivity contribution in [1.29, 1.82) is 0 Å². The number of aryl methyl sites for hydroxylation is 2. The molecule has 0 spiro atoms. The molecule has 2 aliphatic rings. The molecule has 4 nitrogen and oxygen atoms in total. The molecule has 0 radical (unpaired) electrons. The molecule has 5 rings (SSSR count). The number of anilines is 1. The van der Waals surface area contributed by atoms with Crippen LogP contribution in [0.4, 0.5) is 19.0 Å². The topological polar surface area (TPSA) is 41.0 Å². The summed E-state index contributed by atoms with van der Waals surface area (Å²) >= 11 is 1.75. The molecule has 34 heavy (non-hydrogen) atoms.